The first-order valence-electron chi connectivity index (χ1n) is 8.33. The summed E-state index contributed by atoms with van der Waals surface area (Å²) in [5.41, 5.74) is 2.72. The van der Waals surface area contributed by atoms with Gasteiger partial charge in [-0.2, -0.15) is 0 Å². The Hall–Kier alpha value is -3.05. The van der Waals surface area contributed by atoms with E-state index in [2.05, 4.69) is 10.3 Å². The molecule has 0 spiro atoms. The molecule has 1 heterocycles. The number of aromatic nitrogens is 1. The fourth-order valence-corrected chi connectivity index (χ4v) is 2.96. The van der Waals surface area contributed by atoms with Crippen LogP contribution in [0.4, 0.5) is 0 Å². The molecule has 0 aliphatic carbocycles. The lowest BCUT2D eigenvalue weighted by atomic mass is 10.1. The Labute approximate surface area is 162 Å². The molecule has 0 aliphatic rings. The summed E-state index contributed by atoms with van der Waals surface area (Å²) in [5, 5.41) is 3.41. The van der Waals surface area contributed by atoms with Gasteiger partial charge in [-0.1, -0.05) is 29.8 Å². The van der Waals surface area contributed by atoms with E-state index in [0.29, 0.717) is 28.6 Å². The normalized spacial score (nSPS) is 10.3. The van der Waals surface area contributed by atoms with Crippen molar-refractivity contribution in [2.45, 2.75) is 6.54 Å². The first-order valence-corrected chi connectivity index (χ1v) is 8.71. The van der Waals surface area contributed by atoms with Gasteiger partial charge in [0.1, 0.15) is 11.5 Å². The van der Waals surface area contributed by atoms with Crippen LogP contribution in [0, 0.1) is 0 Å². The number of carbonyl (C=O) groups is 1. The zero-order valence-corrected chi connectivity index (χ0v) is 15.8. The van der Waals surface area contributed by atoms with Crippen molar-refractivity contribution < 1.29 is 14.3 Å². The number of benzene rings is 2. The quantitative estimate of drug-likeness (QED) is 0.688. The van der Waals surface area contributed by atoms with E-state index in [9.17, 15) is 4.79 Å². The number of hydrogen-bond donors (Lipinski definition) is 1. The van der Waals surface area contributed by atoms with Crippen LogP contribution in [0.2, 0.25) is 5.02 Å². The van der Waals surface area contributed by atoms with Crippen LogP contribution in [0.25, 0.3) is 11.3 Å². The summed E-state index contributed by atoms with van der Waals surface area (Å²) in [4.78, 5) is 16.9. The molecule has 3 aromatic rings. The number of pyridine rings is 1. The summed E-state index contributed by atoms with van der Waals surface area (Å²) in [7, 11) is 3.15. The molecule has 1 amide bonds. The van der Waals surface area contributed by atoms with Gasteiger partial charge >= 0.3 is 0 Å². The molecular formula is C21H19ClN2O3. The minimum Gasteiger partial charge on any atom is -0.496 e. The van der Waals surface area contributed by atoms with E-state index in [1.54, 1.807) is 50.7 Å². The molecule has 0 bridgehead atoms. The first kappa shape index (κ1) is 18.7. The number of rotatable bonds is 6. The highest BCUT2D eigenvalue weighted by Gasteiger charge is 2.14. The highest BCUT2D eigenvalue weighted by atomic mass is 35.5. The van der Waals surface area contributed by atoms with Gasteiger partial charge in [-0.25, -0.2) is 0 Å². The minimum absolute atomic E-state index is 0.210. The summed E-state index contributed by atoms with van der Waals surface area (Å²) >= 11 is 6.23. The summed E-state index contributed by atoms with van der Waals surface area (Å²) < 4.78 is 10.8. The van der Waals surface area contributed by atoms with E-state index in [0.717, 1.165) is 16.9 Å². The van der Waals surface area contributed by atoms with E-state index in [1.807, 2.05) is 24.3 Å². The Morgan fingerprint density at radius 2 is 1.81 bits per heavy atom. The van der Waals surface area contributed by atoms with Crippen molar-refractivity contribution in [1.82, 2.24) is 10.3 Å². The lowest BCUT2D eigenvalue weighted by Gasteiger charge is -2.12. The number of carbonyl (C=O) groups excluding carboxylic acids is 1. The van der Waals surface area contributed by atoms with Crippen molar-refractivity contribution in [3.8, 4) is 22.8 Å². The molecule has 6 heteroatoms. The molecule has 27 heavy (non-hydrogen) atoms. The molecule has 1 N–H and O–H groups in total. The SMILES string of the molecule is COc1ccccc1CNC(=O)c1ccc(-c2ncccc2Cl)c(OC)c1. The zero-order valence-electron chi connectivity index (χ0n) is 15.0. The summed E-state index contributed by atoms with van der Waals surface area (Å²) in [6.07, 6.45) is 1.66. The third kappa shape index (κ3) is 4.20. The molecule has 0 aliphatic heterocycles. The van der Waals surface area contributed by atoms with Crippen LogP contribution in [0.5, 0.6) is 11.5 Å². The molecule has 0 unspecified atom stereocenters. The lowest BCUT2D eigenvalue weighted by molar-refractivity contribution is 0.0950. The van der Waals surface area contributed by atoms with Crippen molar-refractivity contribution in [3.05, 3.63) is 76.9 Å². The average Bonchev–Trinajstić information content (AvgIpc) is 2.72. The maximum absolute atomic E-state index is 12.6. The third-order valence-corrected chi connectivity index (χ3v) is 4.41. The maximum atomic E-state index is 12.6. The second-order valence-corrected chi connectivity index (χ2v) is 6.15. The van der Waals surface area contributed by atoms with Gasteiger partial charge in [0.2, 0.25) is 0 Å². The molecule has 0 saturated heterocycles. The number of methoxy groups -OCH3 is 2. The van der Waals surface area contributed by atoms with Gasteiger partial charge in [-0.05, 0) is 36.4 Å². The molecule has 138 valence electrons. The monoisotopic (exact) mass is 382 g/mol. The number of para-hydroxylation sites is 1. The number of nitrogens with one attached hydrogen (secondary N) is 1. The van der Waals surface area contributed by atoms with Crippen LogP contribution in [-0.2, 0) is 6.54 Å². The number of amides is 1. The van der Waals surface area contributed by atoms with Gasteiger partial charge in [0.25, 0.3) is 5.91 Å². The molecule has 0 fully saturated rings. The molecule has 0 saturated carbocycles. The predicted octanol–water partition coefficient (Wildman–Crippen LogP) is 4.35. The molecule has 5 nitrogen and oxygen atoms in total. The highest BCUT2D eigenvalue weighted by molar-refractivity contribution is 6.33. The Bertz CT molecular complexity index is 960. The Morgan fingerprint density at radius 1 is 1.04 bits per heavy atom. The van der Waals surface area contributed by atoms with Crippen LogP contribution in [0.1, 0.15) is 15.9 Å². The van der Waals surface area contributed by atoms with Crippen LogP contribution >= 0.6 is 11.6 Å². The molecule has 0 atom stereocenters. The summed E-state index contributed by atoms with van der Waals surface area (Å²) in [6, 6.07) is 16.3. The van der Waals surface area contributed by atoms with Gasteiger partial charge in [-0.15, -0.1) is 0 Å². The summed E-state index contributed by atoms with van der Waals surface area (Å²) in [6.45, 7) is 0.360. The number of ether oxygens (including phenoxy) is 2. The van der Waals surface area contributed by atoms with E-state index in [1.165, 1.54) is 0 Å². The standard InChI is InChI=1S/C21H19ClN2O3/c1-26-18-8-4-3-6-15(18)13-24-21(25)14-9-10-16(19(12-14)27-2)20-17(22)7-5-11-23-20/h3-12H,13H2,1-2H3,(H,24,25). The molecular weight excluding hydrogens is 364 g/mol. The zero-order chi connectivity index (χ0) is 19.2. The van der Waals surface area contributed by atoms with Gasteiger partial charge in [0, 0.05) is 29.4 Å². The Morgan fingerprint density at radius 3 is 2.56 bits per heavy atom. The fraction of sp³-hybridized carbons (Fsp3) is 0.143. The smallest absolute Gasteiger partial charge is 0.251 e. The Balaban J connectivity index is 1.81. The van der Waals surface area contributed by atoms with E-state index in [4.69, 9.17) is 21.1 Å². The van der Waals surface area contributed by atoms with E-state index < -0.39 is 0 Å². The first-order chi connectivity index (χ1) is 13.1. The molecule has 1 aromatic heterocycles. The van der Waals surface area contributed by atoms with Crippen LogP contribution < -0.4 is 14.8 Å². The average molecular weight is 383 g/mol. The van der Waals surface area contributed by atoms with E-state index in [-0.39, 0.29) is 5.91 Å². The lowest BCUT2D eigenvalue weighted by Crippen LogP contribution is -2.23. The highest BCUT2D eigenvalue weighted by Crippen LogP contribution is 2.33. The van der Waals surface area contributed by atoms with Crippen molar-refractivity contribution in [1.29, 1.82) is 0 Å². The molecule has 3 rings (SSSR count). The molecule has 2 aromatic carbocycles. The second kappa shape index (κ2) is 8.56. The van der Waals surface area contributed by atoms with Crippen molar-refractivity contribution >= 4 is 17.5 Å². The van der Waals surface area contributed by atoms with Crippen LogP contribution in [0.15, 0.2) is 60.8 Å². The second-order valence-electron chi connectivity index (χ2n) is 5.74. The topological polar surface area (TPSA) is 60.5 Å². The van der Waals surface area contributed by atoms with E-state index >= 15 is 0 Å². The summed E-state index contributed by atoms with van der Waals surface area (Å²) in [5.74, 6) is 1.05. The van der Waals surface area contributed by atoms with Crippen molar-refractivity contribution in [2.75, 3.05) is 14.2 Å². The number of halogens is 1. The largest absolute Gasteiger partial charge is 0.496 e. The fourth-order valence-electron chi connectivity index (χ4n) is 2.74. The number of nitrogens with zero attached hydrogens (tertiary/aromatic N) is 1. The Kier molecular flexibility index (Phi) is 5.94. The third-order valence-electron chi connectivity index (χ3n) is 4.11. The van der Waals surface area contributed by atoms with Crippen LogP contribution in [-0.4, -0.2) is 25.1 Å². The molecule has 0 radical (unpaired) electrons. The van der Waals surface area contributed by atoms with Gasteiger partial charge in [-0.3, -0.25) is 9.78 Å². The van der Waals surface area contributed by atoms with Gasteiger partial charge in [0.15, 0.2) is 0 Å². The number of hydrogen-bond acceptors (Lipinski definition) is 4. The van der Waals surface area contributed by atoms with Gasteiger partial charge < -0.3 is 14.8 Å². The van der Waals surface area contributed by atoms with Crippen molar-refractivity contribution in [2.24, 2.45) is 0 Å². The maximum Gasteiger partial charge on any atom is 0.251 e. The minimum atomic E-state index is -0.210. The van der Waals surface area contributed by atoms with Crippen molar-refractivity contribution in [3.63, 3.8) is 0 Å². The van der Waals surface area contributed by atoms with Crippen LogP contribution in [0.3, 0.4) is 0 Å². The van der Waals surface area contributed by atoms with Gasteiger partial charge in [0.05, 0.1) is 24.9 Å². The predicted molar refractivity (Wildman–Crippen MR) is 105 cm³/mol.